The Hall–Kier alpha value is -2.46. The number of ether oxygens (including phenoxy) is 2. The molecule has 0 bridgehead atoms. The number of halogens is 8. The molecule has 308 valence electrons. The molecule has 2 heterocycles. The minimum atomic E-state index is 0. The summed E-state index contributed by atoms with van der Waals surface area (Å²) in [6.07, 6.45) is 0. The molecule has 6 rings (SSSR count). The van der Waals surface area contributed by atoms with Crippen molar-refractivity contribution in [2.45, 2.75) is 0 Å². The molecule has 0 aliphatic carbocycles. The zero-order valence-electron chi connectivity index (χ0n) is 29.9. The quantitative estimate of drug-likeness (QED) is 0.0484. The van der Waals surface area contributed by atoms with E-state index < -0.39 is 0 Å². The largest absolute Gasteiger partial charge is 0.497 e. The Morgan fingerprint density at radius 2 is 0.855 bits per heavy atom. The average molecular weight is 928 g/mol. The maximum absolute atomic E-state index is 6.13. The summed E-state index contributed by atoms with van der Waals surface area (Å²) in [5.74, 6) is 2.83. The second-order valence-corrected chi connectivity index (χ2v) is 12.4. The van der Waals surface area contributed by atoms with Crippen LogP contribution in [0.4, 0.5) is 11.4 Å². The summed E-state index contributed by atoms with van der Waals surface area (Å²) in [5.41, 5.74) is 5.63. The molecule has 0 aliphatic rings. The maximum atomic E-state index is 6.13. The van der Waals surface area contributed by atoms with Crippen molar-refractivity contribution in [1.82, 2.24) is 20.6 Å². The highest BCUT2D eigenvalue weighted by molar-refractivity contribution is 6.32. The van der Waals surface area contributed by atoms with Crippen LogP contribution in [0.3, 0.4) is 0 Å². The lowest BCUT2D eigenvalue weighted by molar-refractivity contribution is 0.415. The van der Waals surface area contributed by atoms with E-state index in [0.29, 0.717) is 21.8 Å². The summed E-state index contributed by atoms with van der Waals surface area (Å²) in [6.45, 7) is 4.82. The number of hydrogen-bond donors (Lipinski definition) is 4. The minimum Gasteiger partial charge on any atom is -0.497 e. The Bertz CT molecular complexity index is 1880. The maximum Gasteiger partial charge on any atom is 0.119 e. The smallest absolute Gasteiger partial charge is 0.119 e. The van der Waals surface area contributed by atoms with Crippen LogP contribution in [-0.2, 0) is 0 Å². The molecule has 2 aromatic heterocycles. The molecular formula is C36H48Cl8N6O5. The van der Waals surface area contributed by atoms with Crippen LogP contribution in [0.5, 0.6) is 11.5 Å². The Labute approximate surface area is 365 Å². The molecule has 19 heteroatoms. The fourth-order valence-corrected chi connectivity index (χ4v) is 5.96. The molecule has 55 heavy (non-hydrogen) atoms. The number of aromatic nitrogens is 2. The molecule has 0 saturated carbocycles. The molecule has 11 nitrogen and oxygen atoms in total. The Balaban J connectivity index is -0.000000872. The minimum absolute atomic E-state index is 0. The van der Waals surface area contributed by atoms with Crippen LogP contribution in [0, 0.1) is 0 Å². The number of rotatable bonds is 14. The molecule has 0 saturated heterocycles. The van der Waals surface area contributed by atoms with E-state index in [1.807, 2.05) is 72.8 Å². The van der Waals surface area contributed by atoms with Crippen molar-refractivity contribution in [3.63, 3.8) is 0 Å². The van der Waals surface area contributed by atoms with E-state index in [0.717, 1.165) is 106 Å². The molecule has 0 spiro atoms. The summed E-state index contributed by atoms with van der Waals surface area (Å²) in [5, 5.41) is 19.1. The first kappa shape index (κ1) is 56.9. The van der Waals surface area contributed by atoms with Crippen LogP contribution in [0.25, 0.3) is 43.6 Å². The van der Waals surface area contributed by atoms with Crippen molar-refractivity contribution in [3.8, 4) is 11.5 Å². The first-order valence-electron chi connectivity index (χ1n) is 15.6. The van der Waals surface area contributed by atoms with Crippen molar-refractivity contribution in [2.24, 2.45) is 0 Å². The van der Waals surface area contributed by atoms with Crippen molar-refractivity contribution in [2.75, 3.05) is 75.9 Å². The second kappa shape index (κ2) is 28.9. The zero-order valence-corrected chi connectivity index (χ0v) is 36.2. The standard InChI is InChI=1S/2C18H19Cl2N3O.4ClH.3H2O/c2*1-24-13-3-5-16-15(11-13)18(22-9-8-21-7-6-19)14-4-2-12(20)10-17(14)23-16;;;;;;;/h2*2-5,10-11,21H,6-9H2,1H3,(H,22,23);4*1H;3*1H2. The number of anilines is 2. The fraction of sp³-hybridized carbons (Fsp3) is 0.278. The highest BCUT2D eigenvalue weighted by Gasteiger charge is 2.12. The topological polar surface area (TPSA) is 187 Å². The molecule has 0 aliphatic heterocycles. The van der Waals surface area contributed by atoms with Gasteiger partial charge in [0, 0.05) is 82.6 Å². The number of alkyl halides is 2. The highest BCUT2D eigenvalue weighted by atomic mass is 35.5. The van der Waals surface area contributed by atoms with E-state index in [4.69, 9.17) is 65.8 Å². The van der Waals surface area contributed by atoms with Gasteiger partial charge in [-0.25, -0.2) is 9.97 Å². The predicted molar refractivity (Wildman–Crippen MR) is 246 cm³/mol. The second-order valence-electron chi connectivity index (χ2n) is 10.8. The van der Waals surface area contributed by atoms with Gasteiger partial charge in [0.15, 0.2) is 0 Å². The number of nitrogens with zero attached hydrogens (tertiary/aromatic N) is 2. The Kier molecular flexibility index (Phi) is 29.8. The van der Waals surface area contributed by atoms with Crippen molar-refractivity contribution < 1.29 is 25.9 Å². The monoisotopic (exact) mass is 924 g/mol. The zero-order chi connectivity index (χ0) is 33.9. The fourth-order valence-electron chi connectivity index (χ4n) is 5.36. The van der Waals surface area contributed by atoms with E-state index >= 15 is 0 Å². The van der Waals surface area contributed by atoms with E-state index in [2.05, 4.69) is 21.3 Å². The third-order valence-electron chi connectivity index (χ3n) is 7.64. The van der Waals surface area contributed by atoms with Gasteiger partial charge in [-0.3, -0.25) is 0 Å². The Morgan fingerprint density at radius 1 is 0.473 bits per heavy atom. The van der Waals surface area contributed by atoms with E-state index in [9.17, 15) is 0 Å². The van der Waals surface area contributed by atoms with Gasteiger partial charge >= 0.3 is 0 Å². The van der Waals surface area contributed by atoms with Gasteiger partial charge in [-0.2, -0.15) is 0 Å². The molecule has 0 radical (unpaired) electrons. The third-order valence-corrected chi connectivity index (χ3v) is 8.48. The van der Waals surface area contributed by atoms with Crippen molar-refractivity contribution in [1.29, 1.82) is 0 Å². The van der Waals surface area contributed by atoms with Gasteiger partial charge in [0.2, 0.25) is 0 Å². The summed E-state index contributed by atoms with van der Waals surface area (Å²) in [6, 6.07) is 23.3. The highest BCUT2D eigenvalue weighted by Crippen LogP contribution is 2.35. The van der Waals surface area contributed by atoms with Gasteiger partial charge < -0.3 is 47.2 Å². The summed E-state index contributed by atoms with van der Waals surface area (Å²) < 4.78 is 10.7. The van der Waals surface area contributed by atoms with Gasteiger partial charge in [-0.1, -0.05) is 23.2 Å². The van der Waals surface area contributed by atoms with Crippen molar-refractivity contribution >= 4 is 151 Å². The van der Waals surface area contributed by atoms with Crippen LogP contribution in [-0.4, -0.2) is 91.6 Å². The first-order valence-corrected chi connectivity index (χ1v) is 17.4. The van der Waals surface area contributed by atoms with Gasteiger partial charge in [0.1, 0.15) is 11.5 Å². The number of nitrogens with one attached hydrogen (secondary N) is 4. The lowest BCUT2D eigenvalue weighted by Gasteiger charge is -2.14. The molecule has 0 amide bonds. The van der Waals surface area contributed by atoms with Gasteiger partial charge in [-0.05, 0) is 72.8 Å². The van der Waals surface area contributed by atoms with Crippen molar-refractivity contribution in [3.05, 3.63) is 82.8 Å². The number of methoxy groups -OCH3 is 2. The molecule has 4 aromatic carbocycles. The summed E-state index contributed by atoms with van der Waals surface area (Å²) >= 11 is 23.6. The van der Waals surface area contributed by atoms with Crippen LogP contribution in [0.15, 0.2) is 72.8 Å². The van der Waals surface area contributed by atoms with Crippen LogP contribution >= 0.6 is 96.0 Å². The lowest BCUT2D eigenvalue weighted by Crippen LogP contribution is -2.24. The lowest BCUT2D eigenvalue weighted by atomic mass is 10.1. The number of benzene rings is 4. The van der Waals surface area contributed by atoms with Gasteiger partial charge in [-0.15, -0.1) is 72.8 Å². The third kappa shape index (κ3) is 15.1. The predicted octanol–water partition coefficient (Wildman–Crippen LogP) is 7.79. The van der Waals surface area contributed by atoms with E-state index in [-0.39, 0.29) is 66.1 Å². The molecule has 10 N–H and O–H groups in total. The molecule has 6 aromatic rings. The van der Waals surface area contributed by atoms with E-state index in [1.165, 1.54) is 0 Å². The first-order chi connectivity index (χ1) is 23.4. The number of hydrogen-bond acceptors (Lipinski definition) is 8. The Morgan fingerprint density at radius 3 is 1.20 bits per heavy atom. The SMILES string of the molecule is COc1ccc2nc3cc(Cl)ccc3c(NCCNCCCl)c2c1.COc1ccc2nc3cc(Cl)ccc3c(NCCNCCCl)c2c1.Cl.Cl.Cl.Cl.O.O.O. The summed E-state index contributed by atoms with van der Waals surface area (Å²) in [4.78, 5) is 9.44. The normalized spacial score (nSPS) is 9.71. The van der Waals surface area contributed by atoms with E-state index in [1.54, 1.807) is 14.2 Å². The molecule has 0 atom stereocenters. The molecule has 0 unspecified atom stereocenters. The van der Waals surface area contributed by atoms with Crippen LogP contribution < -0.4 is 30.7 Å². The molecule has 0 fully saturated rings. The van der Waals surface area contributed by atoms with Gasteiger partial charge in [0.05, 0.1) is 47.7 Å². The average Bonchev–Trinajstić information content (AvgIpc) is 3.10. The van der Waals surface area contributed by atoms with Crippen LogP contribution in [0.2, 0.25) is 10.0 Å². The van der Waals surface area contributed by atoms with Crippen LogP contribution in [0.1, 0.15) is 0 Å². The summed E-state index contributed by atoms with van der Waals surface area (Å²) in [7, 11) is 3.33. The molecular weight excluding hydrogens is 880 g/mol. The van der Waals surface area contributed by atoms with Gasteiger partial charge in [0.25, 0.3) is 0 Å². The number of pyridine rings is 2. The number of fused-ring (bicyclic) bond motifs is 4.